The lowest BCUT2D eigenvalue weighted by Crippen LogP contribution is -2.18. The van der Waals surface area contributed by atoms with Gasteiger partial charge in [0.2, 0.25) is 0 Å². The van der Waals surface area contributed by atoms with Crippen LogP contribution in [0.25, 0.3) is 0 Å². The predicted molar refractivity (Wildman–Crippen MR) is 85.1 cm³/mol. The lowest BCUT2D eigenvalue weighted by atomic mass is 10.1. The zero-order valence-corrected chi connectivity index (χ0v) is 13.1. The van der Waals surface area contributed by atoms with Crippen molar-refractivity contribution in [3.8, 4) is 0 Å². The summed E-state index contributed by atoms with van der Waals surface area (Å²) >= 11 is 7.67. The highest BCUT2D eigenvalue weighted by molar-refractivity contribution is 7.99. The van der Waals surface area contributed by atoms with E-state index in [4.69, 9.17) is 11.6 Å². The summed E-state index contributed by atoms with van der Waals surface area (Å²) in [5.74, 6) is 0.575. The first-order chi connectivity index (χ1) is 9.61. The van der Waals surface area contributed by atoms with Crippen LogP contribution in [-0.4, -0.2) is 12.8 Å². The topological polar surface area (TPSA) is 12.0 Å². The molecule has 1 N–H and O–H groups in total. The largest absolute Gasteiger partial charge is 0.312 e. The average molecular weight is 310 g/mol. The van der Waals surface area contributed by atoms with E-state index in [1.807, 2.05) is 32.2 Å². The Bertz CT molecular complexity index is 588. The van der Waals surface area contributed by atoms with Crippen LogP contribution in [0.2, 0.25) is 5.02 Å². The molecule has 1 nitrogen and oxygen atoms in total. The molecular weight excluding hydrogens is 293 g/mol. The Morgan fingerprint density at radius 3 is 2.65 bits per heavy atom. The second-order valence-corrected chi connectivity index (χ2v) is 6.06. The Kier molecular flexibility index (Phi) is 5.46. The summed E-state index contributed by atoms with van der Waals surface area (Å²) in [6, 6.07) is 13.0. The maximum Gasteiger partial charge on any atom is 0.136 e. The monoisotopic (exact) mass is 309 g/mol. The Hall–Kier alpha value is -1.03. The minimum atomic E-state index is -0.172. The van der Waals surface area contributed by atoms with Crippen molar-refractivity contribution in [2.75, 3.05) is 12.8 Å². The fourth-order valence-corrected chi connectivity index (χ4v) is 3.18. The van der Waals surface area contributed by atoms with Crippen LogP contribution in [0.15, 0.2) is 47.4 Å². The number of halogens is 2. The smallest absolute Gasteiger partial charge is 0.136 e. The van der Waals surface area contributed by atoms with Gasteiger partial charge < -0.3 is 5.32 Å². The van der Waals surface area contributed by atoms with Crippen LogP contribution >= 0.6 is 23.4 Å². The molecular formula is C16H17ClFNS. The van der Waals surface area contributed by atoms with Gasteiger partial charge in [-0.1, -0.05) is 35.9 Å². The van der Waals surface area contributed by atoms with E-state index in [2.05, 4.69) is 11.4 Å². The van der Waals surface area contributed by atoms with Crippen LogP contribution in [0.1, 0.15) is 17.2 Å². The lowest BCUT2D eigenvalue weighted by molar-refractivity contribution is 0.601. The van der Waals surface area contributed by atoms with E-state index in [0.29, 0.717) is 4.90 Å². The summed E-state index contributed by atoms with van der Waals surface area (Å²) in [4.78, 5) is 0.672. The van der Waals surface area contributed by atoms with Gasteiger partial charge in [0.15, 0.2) is 0 Å². The number of thioether (sulfide) groups is 1. The molecule has 1 unspecified atom stereocenters. The number of benzene rings is 2. The third-order valence-electron chi connectivity index (χ3n) is 3.19. The van der Waals surface area contributed by atoms with Gasteiger partial charge in [-0.3, -0.25) is 0 Å². The molecule has 0 heterocycles. The second kappa shape index (κ2) is 7.11. The van der Waals surface area contributed by atoms with Crippen LogP contribution in [0.5, 0.6) is 0 Å². The molecule has 0 aliphatic heterocycles. The fourth-order valence-electron chi connectivity index (χ4n) is 1.91. The van der Waals surface area contributed by atoms with Crippen LogP contribution in [0, 0.1) is 12.7 Å². The molecule has 2 rings (SSSR count). The average Bonchev–Trinajstić information content (AvgIpc) is 2.45. The molecule has 0 saturated carbocycles. The Labute approximate surface area is 128 Å². The first kappa shape index (κ1) is 15.4. The third kappa shape index (κ3) is 3.75. The molecule has 0 spiro atoms. The second-order valence-electron chi connectivity index (χ2n) is 4.59. The molecule has 2 aromatic carbocycles. The first-order valence-corrected chi connectivity index (χ1v) is 7.79. The molecule has 0 aliphatic carbocycles. The van der Waals surface area contributed by atoms with Gasteiger partial charge in [-0.05, 0) is 43.3 Å². The maximum absolute atomic E-state index is 13.6. The van der Waals surface area contributed by atoms with E-state index in [1.54, 1.807) is 12.1 Å². The van der Waals surface area contributed by atoms with Crippen LogP contribution in [0.3, 0.4) is 0 Å². The highest BCUT2D eigenvalue weighted by Crippen LogP contribution is 2.28. The van der Waals surface area contributed by atoms with Gasteiger partial charge in [-0.15, -0.1) is 11.8 Å². The molecule has 1 atom stereocenters. The highest BCUT2D eigenvalue weighted by Gasteiger charge is 2.12. The van der Waals surface area contributed by atoms with Crippen molar-refractivity contribution in [1.29, 1.82) is 0 Å². The van der Waals surface area contributed by atoms with E-state index in [-0.39, 0.29) is 11.9 Å². The van der Waals surface area contributed by atoms with Gasteiger partial charge >= 0.3 is 0 Å². The van der Waals surface area contributed by atoms with Crippen LogP contribution < -0.4 is 5.32 Å². The summed E-state index contributed by atoms with van der Waals surface area (Å²) in [7, 11) is 1.90. The molecule has 0 bridgehead atoms. The Morgan fingerprint density at radius 2 is 2.00 bits per heavy atom. The Balaban J connectivity index is 2.09. The normalized spacial score (nSPS) is 12.4. The lowest BCUT2D eigenvalue weighted by Gasteiger charge is -2.17. The summed E-state index contributed by atoms with van der Waals surface area (Å²) in [6.07, 6.45) is 0. The van der Waals surface area contributed by atoms with Gasteiger partial charge in [0.05, 0.1) is 0 Å². The van der Waals surface area contributed by atoms with E-state index < -0.39 is 0 Å². The minimum absolute atomic E-state index is 0.137. The number of hydrogen-bond donors (Lipinski definition) is 1. The SMILES string of the molecule is CNC(CSc1ccccc1F)c1ccc(C)c(Cl)c1. The molecule has 2 aromatic rings. The predicted octanol–water partition coefficient (Wildman–Crippen LogP) is 4.84. The van der Waals surface area contributed by atoms with E-state index in [1.165, 1.54) is 17.8 Å². The van der Waals surface area contributed by atoms with E-state index >= 15 is 0 Å². The number of nitrogens with one attached hydrogen (secondary N) is 1. The van der Waals surface area contributed by atoms with E-state index in [9.17, 15) is 4.39 Å². The van der Waals surface area contributed by atoms with Crippen molar-refractivity contribution in [3.63, 3.8) is 0 Å². The van der Waals surface area contributed by atoms with Gasteiger partial charge in [-0.2, -0.15) is 0 Å². The van der Waals surface area contributed by atoms with Crippen molar-refractivity contribution >= 4 is 23.4 Å². The zero-order chi connectivity index (χ0) is 14.5. The van der Waals surface area contributed by atoms with Crippen molar-refractivity contribution < 1.29 is 4.39 Å². The third-order valence-corrected chi connectivity index (χ3v) is 4.74. The van der Waals surface area contributed by atoms with Crippen molar-refractivity contribution in [2.45, 2.75) is 17.9 Å². The molecule has 0 radical (unpaired) electrons. The minimum Gasteiger partial charge on any atom is -0.312 e. The van der Waals surface area contributed by atoms with E-state index in [0.717, 1.165) is 21.9 Å². The summed E-state index contributed by atoms with van der Waals surface area (Å²) in [5.41, 5.74) is 2.18. The molecule has 0 amide bonds. The fraction of sp³-hybridized carbons (Fsp3) is 0.250. The maximum atomic E-state index is 13.6. The van der Waals surface area contributed by atoms with Gasteiger partial charge in [-0.25, -0.2) is 4.39 Å². The quantitative estimate of drug-likeness (QED) is 0.793. The molecule has 0 aliphatic rings. The van der Waals surface area contributed by atoms with Crippen molar-refractivity contribution in [3.05, 3.63) is 64.4 Å². The highest BCUT2D eigenvalue weighted by atomic mass is 35.5. The van der Waals surface area contributed by atoms with Gasteiger partial charge in [0.1, 0.15) is 5.82 Å². The molecule has 0 aromatic heterocycles. The molecule has 106 valence electrons. The van der Waals surface area contributed by atoms with Crippen molar-refractivity contribution in [2.24, 2.45) is 0 Å². The zero-order valence-electron chi connectivity index (χ0n) is 11.5. The summed E-state index contributed by atoms with van der Waals surface area (Å²) in [6.45, 7) is 1.98. The van der Waals surface area contributed by atoms with Gasteiger partial charge in [0.25, 0.3) is 0 Å². The first-order valence-electron chi connectivity index (χ1n) is 6.42. The molecule has 0 saturated heterocycles. The van der Waals surface area contributed by atoms with Crippen LogP contribution in [0.4, 0.5) is 4.39 Å². The van der Waals surface area contributed by atoms with Gasteiger partial charge in [0, 0.05) is 21.7 Å². The van der Waals surface area contributed by atoms with Crippen molar-refractivity contribution in [1.82, 2.24) is 5.32 Å². The summed E-state index contributed by atoms with van der Waals surface area (Å²) < 4.78 is 13.6. The number of aryl methyl sites for hydroxylation is 1. The molecule has 20 heavy (non-hydrogen) atoms. The molecule has 0 fully saturated rings. The number of hydrogen-bond acceptors (Lipinski definition) is 2. The molecule has 4 heteroatoms. The Morgan fingerprint density at radius 1 is 1.25 bits per heavy atom. The standard InChI is InChI=1S/C16H17ClFNS/c1-11-7-8-12(9-13(11)17)15(19-2)10-20-16-6-4-3-5-14(16)18/h3-9,15,19H,10H2,1-2H3. The van der Waals surface area contributed by atoms with Crippen LogP contribution in [-0.2, 0) is 0 Å². The summed E-state index contributed by atoms with van der Waals surface area (Å²) in [5, 5.41) is 4.02. The number of rotatable bonds is 5.